The zero-order valence-electron chi connectivity index (χ0n) is 48.7. The molecule has 1 aromatic heterocycles. The van der Waals surface area contributed by atoms with Gasteiger partial charge >= 0.3 is 11.9 Å². The van der Waals surface area contributed by atoms with Crippen molar-refractivity contribution in [1.29, 1.82) is 0 Å². The third-order valence-corrected chi connectivity index (χ3v) is 13.8. The number of aromatic amines is 1. The molecule has 1 rings (SSSR count). The van der Waals surface area contributed by atoms with Crippen LogP contribution in [-0.4, -0.2) is 216 Å². The summed E-state index contributed by atoms with van der Waals surface area (Å²) in [5.74, 6) is -13.1. The van der Waals surface area contributed by atoms with Gasteiger partial charge in [-0.2, -0.15) is 23.5 Å². The highest BCUT2D eigenvalue weighted by atomic mass is 32.2. The van der Waals surface area contributed by atoms with Crippen LogP contribution in [0, 0.1) is 17.8 Å². The maximum absolute atomic E-state index is 14.1. The van der Waals surface area contributed by atoms with Crippen molar-refractivity contribution < 1.29 is 83.1 Å². The quantitative estimate of drug-likeness (QED) is 0.0297. The fourth-order valence-electron chi connectivity index (χ4n) is 7.79. The number of hydrogen-bond donors (Lipinski definition) is 17. The molecule has 0 bridgehead atoms. The van der Waals surface area contributed by atoms with Gasteiger partial charge in [-0.15, -0.1) is 0 Å². The van der Waals surface area contributed by atoms with Crippen molar-refractivity contribution in [2.75, 3.05) is 30.6 Å². The summed E-state index contributed by atoms with van der Waals surface area (Å²) in [4.78, 5) is 166. The Hall–Kier alpha value is -6.61. The normalized spacial score (nSPS) is 16.1. The van der Waals surface area contributed by atoms with Crippen molar-refractivity contribution in [3.63, 3.8) is 0 Å². The number of carbonyl (C=O) groups is 12. The second kappa shape index (κ2) is 37.6. The van der Waals surface area contributed by atoms with Crippen molar-refractivity contribution in [2.45, 2.75) is 180 Å². The molecule has 13 atom stereocenters. The van der Waals surface area contributed by atoms with E-state index in [9.17, 15) is 83.1 Å². The molecule has 0 unspecified atom stereocenters. The summed E-state index contributed by atoms with van der Waals surface area (Å²) >= 11 is 2.73. The van der Waals surface area contributed by atoms with E-state index in [4.69, 9.17) is 5.73 Å². The first kappa shape index (κ1) is 74.4. The molecular formula is C51H87N13O17S2. The Morgan fingerprint density at radius 3 is 1.42 bits per heavy atom. The Kier molecular flexibility index (Phi) is 33.7. The van der Waals surface area contributed by atoms with Crippen LogP contribution in [0.1, 0.15) is 100 Å². The van der Waals surface area contributed by atoms with Crippen molar-refractivity contribution in [2.24, 2.45) is 23.5 Å². The number of aliphatic hydroxyl groups is 3. The number of aliphatic hydroxyl groups excluding tert-OH is 3. The molecule has 0 aliphatic rings. The van der Waals surface area contributed by atoms with Crippen LogP contribution >= 0.6 is 23.5 Å². The average molecular weight is 1220 g/mol. The lowest BCUT2D eigenvalue weighted by molar-refractivity contribution is -0.144. The maximum atomic E-state index is 14.1. The number of imidazole rings is 1. The molecule has 83 heavy (non-hydrogen) atoms. The summed E-state index contributed by atoms with van der Waals surface area (Å²) in [5, 5.41) is 75.1. The highest BCUT2D eigenvalue weighted by molar-refractivity contribution is 7.98. The minimum atomic E-state index is -1.86. The van der Waals surface area contributed by atoms with Crippen LogP contribution in [0.2, 0.25) is 0 Å². The Bertz CT molecular complexity index is 2330. The van der Waals surface area contributed by atoms with Crippen LogP contribution in [0.5, 0.6) is 0 Å². The number of thioether (sulfide) groups is 2. The largest absolute Gasteiger partial charge is 0.481 e. The molecule has 0 radical (unpaired) electrons. The van der Waals surface area contributed by atoms with Crippen LogP contribution in [-0.2, 0) is 64.0 Å². The third-order valence-electron chi connectivity index (χ3n) is 12.6. The number of carboxylic acids is 2. The van der Waals surface area contributed by atoms with Gasteiger partial charge in [0.1, 0.15) is 54.4 Å². The van der Waals surface area contributed by atoms with E-state index in [0.29, 0.717) is 12.2 Å². The standard InChI is InChI=1S/C51H87N13O17S2/c1-23(2)18-33(58-42(71)30(52)14-16-82-10)43(72)54-21-35(68)60-39(26(7)65)48(77)59-34(19-29-20-53-22-55-29)46(75)63-40(27(8)66)49(78)57-32(15-17-83-11)44(73)56-31(12-13-36(69)70)45(74)61-37(24(3)4)47(76)64-41(28(9)67)50(79)62-38(25(5)6)51(80)81/h20,22-28,30-34,37-41,65-67H,12-19,21,52H2,1-11H3,(H,53,55)(H,54,72)(H,56,73)(H,57,78)(H,58,71)(H,59,77)(H,60,68)(H,61,74)(H,62,79)(H,63,75)(H,64,76)(H,69,70)(H,80,81)/t26-,27-,28-,30+,31+,32+,33+,34+,37+,38+,39+,40+,41+/m1/s1. The zero-order valence-corrected chi connectivity index (χ0v) is 50.4. The number of aliphatic carboxylic acids is 2. The van der Waals surface area contributed by atoms with Gasteiger partial charge in [-0.1, -0.05) is 41.5 Å². The SMILES string of the molecule is CSCC[C@H](NC(=O)[C@@H](NC(=O)[C@H](Cc1cnc[nH]1)NC(=O)[C@@H](NC(=O)CNC(=O)[C@H](CC(C)C)NC(=O)[C@@H](N)CCSC)[C@@H](C)O)[C@@H](C)O)C(=O)N[C@@H](CCC(=O)O)C(=O)N[C@H](C(=O)N[C@H](C(=O)N[C@H](C(=O)O)C(C)C)[C@@H](C)O)C(C)C. The molecule has 470 valence electrons. The van der Waals surface area contributed by atoms with Crippen molar-refractivity contribution in [3.05, 3.63) is 18.2 Å². The van der Waals surface area contributed by atoms with Crippen molar-refractivity contribution >= 4 is 94.5 Å². The Morgan fingerprint density at radius 2 is 0.940 bits per heavy atom. The summed E-state index contributed by atoms with van der Waals surface area (Å²) in [5.41, 5.74) is 6.26. The lowest BCUT2D eigenvalue weighted by Crippen LogP contribution is -2.63. The molecule has 30 nitrogen and oxygen atoms in total. The average Bonchev–Trinajstić information content (AvgIpc) is 3.98. The first-order valence-corrected chi connectivity index (χ1v) is 29.7. The number of rotatable bonds is 39. The van der Waals surface area contributed by atoms with Gasteiger partial charge in [0.05, 0.1) is 37.2 Å². The number of carboxylic acid groups (broad SMARTS) is 2. The number of nitrogens with two attached hydrogens (primary N) is 1. The van der Waals surface area contributed by atoms with Gasteiger partial charge in [0.2, 0.25) is 59.1 Å². The van der Waals surface area contributed by atoms with E-state index in [1.54, 1.807) is 6.26 Å². The maximum Gasteiger partial charge on any atom is 0.326 e. The Labute approximate surface area is 490 Å². The molecule has 10 amide bonds. The van der Waals surface area contributed by atoms with Gasteiger partial charge in [0, 0.05) is 24.7 Å². The highest BCUT2D eigenvalue weighted by Gasteiger charge is 2.38. The lowest BCUT2D eigenvalue weighted by Gasteiger charge is -2.30. The van der Waals surface area contributed by atoms with Crippen LogP contribution < -0.4 is 58.9 Å². The summed E-state index contributed by atoms with van der Waals surface area (Å²) < 4.78 is 0. The summed E-state index contributed by atoms with van der Waals surface area (Å²) in [6.07, 6.45) is 0.0826. The van der Waals surface area contributed by atoms with Gasteiger partial charge in [0.25, 0.3) is 0 Å². The van der Waals surface area contributed by atoms with Gasteiger partial charge < -0.3 is 89.4 Å². The molecule has 1 heterocycles. The van der Waals surface area contributed by atoms with Gasteiger partial charge in [-0.3, -0.25) is 52.7 Å². The number of aromatic nitrogens is 2. The topological polar surface area (TPSA) is 481 Å². The van der Waals surface area contributed by atoms with E-state index in [1.807, 2.05) is 20.1 Å². The first-order chi connectivity index (χ1) is 38.8. The molecule has 18 N–H and O–H groups in total. The number of amides is 10. The fourth-order valence-corrected chi connectivity index (χ4v) is 8.75. The molecule has 0 fully saturated rings. The minimum Gasteiger partial charge on any atom is -0.481 e. The summed E-state index contributed by atoms with van der Waals surface area (Å²) in [6.45, 7) is 12.4. The van der Waals surface area contributed by atoms with Crippen LogP contribution in [0.25, 0.3) is 0 Å². The number of carbonyl (C=O) groups excluding carboxylic acids is 10. The molecule has 0 aromatic carbocycles. The summed E-state index contributed by atoms with van der Waals surface area (Å²) in [7, 11) is 0. The zero-order chi connectivity index (χ0) is 63.4. The second-order valence-electron chi connectivity index (χ2n) is 21.0. The van der Waals surface area contributed by atoms with E-state index in [2.05, 4.69) is 63.1 Å². The van der Waals surface area contributed by atoms with E-state index in [0.717, 1.165) is 20.8 Å². The molecule has 0 aliphatic carbocycles. The van der Waals surface area contributed by atoms with Crippen LogP contribution in [0.4, 0.5) is 0 Å². The molecular weight excluding hydrogens is 1130 g/mol. The van der Waals surface area contributed by atoms with Gasteiger partial charge in [-0.25, -0.2) is 9.78 Å². The van der Waals surface area contributed by atoms with Crippen LogP contribution in [0.15, 0.2) is 12.5 Å². The highest BCUT2D eigenvalue weighted by Crippen LogP contribution is 2.12. The number of hydrogen-bond acceptors (Lipinski definition) is 19. The van der Waals surface area contributed by atoms with E-state index < -0.39 is 181 Å². The lowest BCUT2D eigenvalue weighted by atomic mass is 10.00. The smallest absolute Gasteiger partial charge is 0.326 e. The molecule has 1 aromatic rings. The Morgan fingerprint density at radius 1 is 0.518 bits per heavy atom. The third kappa shape index (κ3) is 27.1. The van der Waals surface area contributed by atoms with E-state index in [-0.39, 0.29) is 36.6 Å². The fraction of sp³-hybridized carbons (Fsp3) is 0.706. The predicted molar refractivity (Wildman–Crippen MR) is 305 cm³/mol. The number of H-pyrrole nitrogens is 1. The molecule has 0 saturated heterocycles. The van der Waals surface area contributed by atoms with Gasteiger partial charge in [-0.05, 0) is 88.2 Å². The summed E-state index contributed by atoms with van der Waals surface area (Å²) in [6, 6.07) is -15.0. The predicted octanol–water partition coefficient (Wildman–Crippen LogP) is -4.29. The Balaban J connectivity index is 3.41. The van der Waals surface area contributed by atoms with Gasteiger partial charge in [0.15, 0.2) is 0 Å². The molecule has 0 aliphatic heterocycles. The number of nitrogens with one attached hydrogen (secondary N) is 11. The van der Waals surface area contributed by atoms with E-state index >= 15 is 0 Å². The first-order valence-electron chi connectivity index (χ1n) is 27.0. The molecule has 32 heteroatoms. The molecule has 0 spiro atoms. The van der Waals surface area contributed by atoms with E-state index in [1.165, 1.54) is 63.7 Å². The van der Waals surface area contributed by atoms with Crippen molar-refractivity contribution in [1.82, 2.24) is 63.1 Å². The van der Waals surface area contributed by atoms with Crippen molar-refractivity contribution in [3.8, 4) is 0 Å². The monoisotopic (exact) mass is 1220 g/mol. The minimum absolute atomic E-state index is 0.0671. The number of nitrogens with zero attached hydrogens (tertiary/aromatic N) is 1. The molecule has 0 saturated carbocycles. The second-order valence-corrected chi connectivity index (χ2v) is 23.0. The van der Waals surface area contributed by atoms with Crippen LogP contribution in [0.3, 0.4) is 0 Å².